The predicted molar refractivity (Wildman–Crippen MR) is 111 cm³/mol. The number of carbonyl (C=O) groups is 1. The molecule has 1 fully saturated rings. The lowest BCUT2D eigenvalue weighted by atomic mass is 9.77. The van der Waals surface area contributed by atoms with Gasteiger partial charge in [0.25, 0.3) is 0 Å². The summed E-state index contributed by atoms with van der Waals surface area (Å²) in [5.41, 5.74) is 4.36. The first kappa shape index (κ1) is 17.7. The molecule has 0 aromatic heterocycles. The lowest BCUT2D eigenvalue weighted by Crippen LogP contribution is -2.55. The van der Waals surface area contributed by atoms with Crippen molar-refractivity contribution in [2.24, 2.45) is 5.92 Å². The van der Waals surface area contributed by atoms with Crippen LogP contribution in [0.3, 0.4) is 0 Å². The number of nitrogens with zero attached hydrogens (tertiary/aromatic N) is 1. The monoisotopic (exact) mass is 355 g/mol. The topological polar surface area (TPSA) is 20.3 Å². The maximum atomic E-state index is 13.2. The van der Waals surface area contributed by atoms with Crippen molar-refractivity contribution >= 4 is 5.78 Å². The molecule has 1 aliphatic heterocycles. The minimum atomic E-state index is 0.0253. The highest BCUT2D eigenvalue weighted by Crippen LogP contribution is 2.42. The van der Waals surface area contributed by atoms with Crippen LogP contribution in [0, 0.1) is 5.92 Å². The van der Waals surface area contributed by atoms with Crippen LogP contribution < -0.4 is 0 Å². The van der Waals surface area contributed by atoms with E-state index in [1.165, 1.54) is 11.1 Å². The largest absolute Gasteiger partial charge is 0.294 e. The second kappa shape index (κ2) is 7.50. The van der Waals surface area contributed by atoms with Gasteiger partial charge in [0.15, 0.2) is 5.78 Å². The van der Waals surface area contributed by atoms with Crippen molar-refractivity contribution in [3.05, 3.63) is 96.1 Å². The molecule has 136 valence electrons. The smallest absolute Gasteiger partial charge is 0.169 e. The quantitative estimate of drug-likeness (QED) is 0.554. The van der Waals surface area contributed by atoms with Crippen LogP contribution in [0.25, 0.3) is 11.1 Å². The molecule has 0 amide bonds. The summed E-state index contributed by atoms with van der Waals surface area (Å²) in [7, 11) is 0. The summed E-state index contributed by atoms with van der Waals surface area (Å²) >= 11 is 0. The first-order chi connectivity index (χ1) is 13.1. The van der Waals surface area contributed by atoms with Gasteiger partial charge in [0.2, 0.25) is 0 Å². The van der Waals surface area contributed by atoms with Crippen molar-refractivity contribution < 1.29 is 4.79 Å². The number of Topliss-reactive ketones (excluding diaryl/α,β-unsaturated/α-hetero) is 1. The van der Waals surface area contributed by atoms with E-state index in [-0.39, 0.29) is 17.7 Å². The van der Waals surface area contributed by atoms with Gasteiger partial charge in [-0.15, -0.1) is 0 Å². The van der Waals surface area contributed by atoms with Gasteiger partial charge >= 0.3 is 0 Å². The van der Waals surface area contributed by atoms with Gasteiger partial charge in [0.1, 0.15) is 0 Å². The molecule has 2 atom stereocenters. The Morgan fingerprint density at radius 3 is 1.96 bits per heavy atom. The van der Waals surface area contributed by atoms with Gasteiger partial charge < -0.3 is 0 Å². The molecule has 0 aliphatic carbocycles. The molecule has 0 bridgehead atoms. The third-order valence-electron chi connectivity index (χ3n) is 5.56. The summed E-state index contributed by atoms with van der Waals surface area (Å²) in [6.45, 7) is 5.23. The highest BCUT2D eigenvalue weighted by atomic mass is 16.1. The summed E-state index contributed by atoms with van der Waals surface area (Å²) < 4.78 is 0. The third kappa shape index (κ3) is 3.45. The van der Waals surface area contributed by atoms with Crippen LogP contribution in [-0.2, 0) is 0 Å². The molecule has 1 heterocycles. The molecule has 27 heavy (non-hydrogen) atoms. The summed E-state index contributed by atoms with van der Waals surface area (Å²) in [5.74, 6) is 0.276. The fourth-order valence-electron chi connectivity index (χ4n) is 4.04. The summed E-state index contributed by atoms with van der Waals surface area (Å²) in [4.78, 5) is 15.6. The molecule has 3 aromatic rings. The maximum absolute atomic E-state index is 13.2. The minimum absolute atomic E-state index is 0.0253. The molecule has 1 saturated heterocycles. The normalized spacial score (nSPS) is 19.7. The van der Waals surface area contributed by atoms with E-state index in [0.29, 0.717) is 6.04 Å². The Bertz CT molecular complexity index is 900. The van der Waals surface area contributed by atoms with E-state index in [0.717, 1.165) is 17.7 Å². The van der Waals surface area contributed by atoms with Crippen LogP contribution >= 0.6 is 0 Å². The summed E-state index contributed by atoms with van der Waals surface area (Å²) in [6, 6.07) is 29.4. The van der Waals surface area contributed by atoms with E-state index in [1.807, 2.05) is 36.4 Å². The Morgan fingerprint density at radius 1 is 0.815 bits per heavy atom. The number of carbonyl (C=O) groups excluding carboxylic acids is 1. The van der Waals surface area contributed by atoms with Crippen molar-refractivity contribution in [3.8, 4) is 11.1 Å². The first-order valence-electron chi connectivity index (χ1n) is 9.65. The predicted octanol–water partition coefficient (Wildman–Crippen LogP) is 5.62. The number of ketones is 1. The van der Waals surface area contributed by atoms with Gasteiger partial charge in [-0.1, -0.05) is 84.9 Å². The molecule has 3 aromatic carbocycles. The lowest BCUT2D eigenvalue weighted by molar-refractivity contribution is -0.00434. The van der Waals surface area contributed by atoms with Gasteiger partial charge in [-0.2, -0.15) is 0 Å². The van der Waals surface area contributed by atoms with Crippen LogP contribution in [-0.4, -0.2) is 23.3 Å². The second-order valence-electron chi connectivity index (χ2n) is 7.56. The minimum Gasteiger partial charge on any atom is -0.294 e. The standard InChI is InChI=1S/C25H25NO/c1-18(2)26-17-23(24(26)21-11-7-4-8-12-21)25(27)22-15-13-20(14-16-22)19-9-5-3-6-10-19/h3-16,18,23-24H,17H2,1-2H3/t23-,24-/m0/s1. The molecule has 1 aliphatic rings. The van der Waals surface area contributed by atoms with E-state index in [9.17, 15) is 4.79 Å². The molecule has 0 unspecified atom stereocenters. The van der Waals surface area contributed by atoms with Crippen molar-refractivity contribution in [1.82, 2.24) is 4.90 Å². The van der Waals surface area contributed by atoms with Gasteiger partial charge in [0, 0.05) is 24.2 Å². The highest BCUT2D eigenvalue weighted by Gasteiger charge is 2.45. The number of benzene rings is 3. The van der Waals surface area contributed by atoms with Crippen molar-refractivity contribution in [2.75, 3.05) is 6.54 Å². The van der Waals surface area contributed by atoms with Crippen molar-refractivity contribution in [2.45, 2.75) is 25.9 Å². The summed E-state index contributed by atoms with van der Waals surface area (Å²) in [5, 5.41) is 0. The molecule has 2 nitrogen and oxygen atoms in total. The number of hydrogen-bond donors (Lipinski definition) is 0. The zero-order chi connectivity index (χ0) is 18.8. The molecule has 2 heteroatoms. The van der Waals surface area contributed by atoms with Crippen LogP contribution in [0.15, 0.2) is 84.9 Å². The maximum Gasteiger partial charge on any atom is 0.169 e. The summed E-state index contributed by atoms with van der Waals surface area (Å²) in [6.07, 6.45) is 0. The van der Waals surface area contributed by atoms with Gasteiger partial charge in [-0.3, -0.25) is 9.69 Å². The first-order valence-corrected chi connectivity index (χ1v) is 9.65. The van der Waals surface area contributed by atoms with E-state index < -0.39 is 0 Å². The van der Waals surface area contributed by atoms with Crippen LogP contribution in [0.4, 0.5) is 0 Å². The Hall–Kier alpha value is -2.71. The SMILES string of the molecule is CC(C)N1C[C@H](C(=O)c2ccc(-c3ccccc3)cc2)[C@@H]1c1ccccc1. The lowest BCUT2D eigenvalue weighted by Gasteiger charge is -2.50. The average Bonchev–Trinajstić information content (AvgIpc) is 2.68. The Balaban J connectivity index is 1.57. The average molecular weight is 355 g/mol. The van der Waals surface area contributed by atoms with E-state index >= 15 is 0 Å². The van der Waals surface area contributed by atoms with Crippen molar-refractivity contribution in [3.63, 3.8) is 0 Å². The Kier molecular flexibility index (Phi) is 4.91. The fourth-order valence-corrected chi connectivity index (χ4v) is 4.04. The van der Waals surface area contributed by atoms with E-state index in [4.69, 9.17) is 0 Å². The Labute approximate surface area is 161 Å². The molecule has 0 spiro atoms. The molecule has 0 radical (unpaired) electrons. The zero-order valence-corrected chi connectivity index (χ0v) is 15.9. The number of rotatable bonds is 5. The fraction of sp³-hybridized carbons (Fsp3) is 0.240. The van der Waals surface area contributed by atoms with Crippen molar-refractivity contribution in [1.29, 1.82) is 0 Å². The molecular weight excluding hydrogens is 330 g/mol. The zero-order valence-electron chi connectivity index (χ0n) is 15.9. The number of likely N-dealkylation sites (tertiary alicyclic amines) is 1. The van der Waals surface area contributed by atoms with Gasteiger partial charge in [-0.25, -0.2) is 0 Å². The van der Waals surface area contributed by atoms with Gasteiger partial charge in [0.05, 0.1) is 5.92 Å². The van der Waals surface area contributed by atoms with Crippen LogP contribution in [0.2, 0.25) is 0 Å². The molecule has 0 saturated carbocycles. The molecular formula is C25H25NO. The van der Waals surface area contributed by atoms with Crippen LogP contribution in [0.1, 0.15) is 35.8 Å². The second-order valence-corrected chi connectivity index (χ2v) is 7.56. The van der Waals surface area contributed by atoms with Gasteiger partial charge in [-0.05, 0) is 30.5 Å². The molecule has 4 rings (SSSR count). The molecule has 0 N–H and O–H groups in total. The van der Waals surface area contributed by atoms with E-state index in [2.05, 4.69) is 67.3 Å². The third-order valence-corrected chi connectivity index (χ3v) is 5.56. The van der Waals surface area contributed by atoms with E-state index in [1.54, 1.807) is 0 Å². The highest BCUT2D eigenvalue weighted by molar-refractivity contribution is 5.99. The Morgan fingerprint density at radius 2 is 1.37 bits per heavy atom. The van der Waals surface area contributed by atoms with Crippen LogP contribution in [0.5, 0.6) is 0 Å². The number of hydrogen-bond acceptors (Lipinski definition) is 2.